The molecule has 0 saturated heterocycles. The number of nitrogens with zero attached hydrogens (tertiary/aromatic N) is 3. The van der Waals surface area contributed by atoms with E-state index in [-0.39, 0.29) is 0 Å². The Morgan fingerprint density at radius 1 is 0.452 bits per heavy atom. The van der Waals surface area contributed by atoms with Crippen molar-refractivity contribution in [2.75, 3.05) is 9.80 Å². The third kappa shape index (κ3) is 4.85. The van der Waals surface area contributed by atoms with E-state index in [1.54, 1.807) is 0 Å². The number of furan rings is 1. The topological polar surface area (TPSA) is 43.4 Å². The molecule has 0 bridgehead atoms. The summed E-state index contributed by atoms with van der Waals surface area (Å²) in [5, 5.41) is 13.4. The fourth-order valence-corrected chi connectivity index (χ4v) is 5.75. The lowest BCUT2D eigenvalue weighted by molar-refractivity contribution is 0.669. The number of hydrogen-bond acceptors (Lipinski definition) is 5. The molecule has 7 aromatic rings. The predicted octanol–water partition coefficient (Wildman–Crippen LogP) is 11.1. The Bertz CT molecular complexity index is 2010. The number of nitriles is 1. The van der Waals surface area contributed by atoms with Crippen molar-refractivity contribution >= 4 is 67.8 Å². The van der Waals surface area contributed by atoms with Gasteiger partial charge in [0.2, 0.25) is 0 Å². The van der Waals surface area contributed by atoms with Gasteiger partial charge in [-0.15, -0.1) is 0 Å². The Morgan fingerprint density at radius 3 is 1.50 bits per heavy atom. The third-order valence-corrected chi connectivity index (χ3v) is 7.87. The number of hydrogen-bond donors (Lipinski definition) is 0. The van der Waals surface area contributed by atoms with Crippen molar-refractivity contribution in [3.05, 3.63) is 152 Å². The van der Waals surface area contributed by atoms with Gasteiger partial charge in [-0.2, -0.15) is 5.26 Å². The second kappa shape index (κ2) is 11.2. The number of para-hydroxylation sites is 3. The van der Waals surface area contributed by atoms with E-state index in [4.69, 9.17) is 9.68 Å². The van der Waals surface area contributed by atoms with Gasteiger partial charge in [-0.05, 0) is 109 Å². The van der Waals surface area contributed by atoms with Crippen LogP contribution in [0.3, 0.4) is 0 Å². The minimum Gasteiger partial charge on any atom is -0.456 e. The second-order valence-corrected chi connectivity index (χ2v) is 10.7. The number of thiocyanates is 1. The molecular weight excluding hydrogens is 534 g/mol. The first-order valence-electron chi connectivity index (χ1n) is 13.7. The van der Waals surface area contributed by atoms with Crippen LogP contribution in [0, 0.1) is 10.7 Å². The zero-order valence-electron chi connectivity index (χ0n) is 22.6. The maximum Gasteiger partial charge on any atom is 0.138 e. The third-order valence-electron chi connectivity index (χ3n) is 7.27. The quantitative estimate of drug-likeness (QED) is 0.144. The molecule has 6 aromatic carbocycles. The molecule has 42 heavy (non-hydrogen) atoms. The molecule has 0 fully saturated rings. The maximum absolute atomic E-state index is 9.07. The molecule has 5 heteroatoms. The molecule has 4 nitrogen and oxygen atoms in total. The Balaban J connectivity index is 1.31. The summed E-state index contributed by atoms with van der Waals surface area (Å²) in [5.41, 5.74) is 8.06. The van der Waals surface area contributed by atoms with E-state index in [0.717, 1.165) is 61.0 Å². The zero-order valence-corrected chi connectivity index (χ0v) is 23.4. The van der Waals surface area contributed by atoms with Crippen LogP contribution >= 0.6 is 11.8 Å². The van der Waals surface area contributed by atoms with Gasteiger partial charge in [0.25, 0.3) is 0 Å². The van der Waals surface area contributed by atoms with Gasteiger partial charge in [0, 0.05) is 49.8 Å². The SMILES string of the molecule is N#CSc1ccc(N(c2ccccc2)c2ccc(N(c3ccccc3)c3ccc4oc5ccccc5c4c3)cc2)cc1. The van der Waals surface area contributed by atoms with Crippen LogP contribution in [0.2, 0.25) is 0 Å². The molecule has 0 aliphatic rings. The van der Waals surface area contributed by atoms with Crippen LogP contribution in [-0.4, -0.2) is 0 Å². The number of anilines is 6. The van der Waals surface area contributed by atoms with E-state index in [1.165, 1.54) is 11.8 Å². The molecule has 1 heterocycles. The molecule has 0 radical (unpaired) electrons. The Morgan fingerprint density at radius 2 is 0.905 bits per heavy atom. The van der Waals surface area contributed by atoms with Gasteiger partial charge in [0.15, 0.2) is 0 Å². The second-order valence-electron chi connectivity index (χ2n) is 9.82. The van der Waals surface area contributed by atoms with Crippen LogP contribution in [0.25, 0.3) is 21.9 Å². The molecule has 0 atom stereocenters. The minimum absolute atomic E-state index is 0.876. The van der Waals surface area contributed by atoms with E-state index in [1.807, 2.05) is 54.6 Å². The van der Waals surface area contributed by atoms with Crippen LogP contribution in [0.15, 0.2) is 161 Å². The van der Waals surface area contributed by atoms with Gasteiger partial charge in [-0.3, -0.25) is 0 Å². The van der Waals surface area contributed by atoms with Crippen LogP contribution in [0.4, 0.5) is 34.1 Å². The smallest absolute Gasteiger partial charge is 0.138 e. The average molecular weight is 560 g/mol. The van der Waals surface area contributed by atoms with Crippen molar-refractivity contribution in [3.8, 4) is 5.40 Å². The zero-order chi connectivity index (χ0) is 28.3. The first-order chi connectivity index (χ1) is 20.8. The molecule has 1 aromatic heterocycles. The van der Waals surface area contributed by atoms with Crippen LogP contribution in [-0.2, 0) is 0 Å². The lowest BCUT2D eigenvalue weighted by Gasteiger charge is -2.28. The van der Waals surface area contributed by atoms with Crippen molar-refractivity contribution < 1.29 is 4.42 Å². The fraction of sp³-hybridized carbons (Fsp3) is 0. The molecule has 200 valence electrons. The molecule has 0 aliphatic heterocycles. The highest BCUT2D eigenvalue weighted by Crippen LogP contribution is 2.41. The van der Waals surface area contributed by atoms with Crippen LogP contribution in [0.5, 0.6) is 0 Å². The molecule has 7 rings (SSSR count). The minimum atomic E-state index is 0.876. The van der Waals surface area contributed by atoms with Gasteiger partial charge in [0.1, 0.15) is 16.6 Å². The summed E-state index contributed by atoms with van der Waals surface area (Å²) >= 11 is 1.17. The van der Waals surface area contributed by atoms with E-state index >= 15 is 0 Å². The Labute approximate surface area is 248 Å². The highest BCUT2D eigenvalue weighted by Gasteiger charge is 2.17. The number of fused-ring (bicyclic) bond motifs is 3. The number of thioether (sulfide) groups is 1. The van der Waals surface area contributed by atoms with Gasteiger partial charge >= 0.3 is 0 Å². The van der Waals surface area contributed by atoms with Crippen molar-refractivity contribution in [1.82, 2.24) is 0 Å². The average Bonchev–Trinajstić information content (AvgIpc) is 3.42. The van der Waals surface area contributed by atoms with Gasteiger partial charge in [-0.1, -0.05) is 54.6 Å². The van der Waals surface area contributed by atoms with Crippen molar-refractivity contribution in [1.29, 1.82) is 5.26 Å². The van der Waals surface area contributed by atoms with Crippen LogP contribution < -0.4 is 9.80 Å². The summed E-state index contributed by atoms with van der Waals surface area (Å²) in [6.45, 7) is 0. The van der Waals surface area contributed by atoms with Gasteiger partial charge in [0.05, 0.1) is 0 Å². The summed E-state index contributed by atoms with van der Waals surface area (Å²) in [4.78, 5) is 5.41. The molecule has 0 aliphatic carbocycles. The highest BCUT2D eigenvalue weighted by atomic mass is 32.2. The molecule has 0 spiro atoms. The summed E-state index contributed by atoms with van der Waals surface area (Å²) in [5.74, 6) is 0. The maximum atomic E-state index is 9.07. The van der Waals surface area contributed by atoms with Crippen molar-refractivity contribution in [2.45, 2.75) is 4.90 Å². The largest absolute Gasteiger partial charge is 0.456 e. The van der Waals surface area contributed by atoms with Crippen LogP contribution in [0.1, 0.15) is 0 Å². The summed E-state index contributed by atoms with van der Waals surface area (Å²) in [7, 11) is 0. The number of rotatable bonds is 7. The predicted molar refractivity (Wildman–Crippen MR) is 175 cm³/mol. The molecule has 0 unspecified atom stereocenters. The van der Waals surface area contributed by atoms with Gasteiger partial charge in [-0.25, -0.2) is 0 Å². The first kappa shape index (κ1) is 25.5. The molecular formula is C37H25N3OS. The van der Waals surface area contributed by atoms with E-state index in [2.05, 4.69) is 112 Å². The lowest BCUT2D eigenvalue weighted by atomic mass is 10.1. The van der Waals surface area contributed by atoms with Crippen molar-refractivity contribution in [3.63, 3.8) is 0 Å². The Hall–Kier alpha value is -5.44. The van der Waals surface area contributed by atoms with E-state index in [0.29, 0.717) is 0 Å². The summed E-state index contributed by atoms with van der Waals surface area (Å²) < 4.78 is 6.10. The van der Waals surface area contributed by atoms with Gasteiger partial charge < -0.3 is 14.2 Å². The highest BCUT2D eigenvalue weighted by molar-refractivity contribution is 8.03. The Kier molecular flexibility index (Phi) is 6.81. The first-order valence-corrected chi connectivity index (χ1v) is 14.5. The fourth-order valence-electron chi connectivity index (χ4n) is 5.37. The molecule has 0 N–H and O–H groups in total. The molecule has 0 amide bonds. The van der Waals surface area contributed by atoms with E-state index in [9.17, 15) is 0 Å². The lowest BCUT2D eigenvalue weighted by Crippen LogP contribution is -2.12. The molecule has 0 saturated carbocycles. The van der Waals surface area contributed by atoms with E-state index < -0.39 is 0 Å². The number of benzene rings is 6. The normalized spacial score (nSPS) is 10.9. The van der Waals surface area contributed by atoms with Crippen molar-refractivity contribution in [2.24, 2.45) is 0 Å². The summed E-state index contributed by atoms with van der Waals surface area (Å²) in [6, 6.07) is 52.0. The monoisotopic (exact) mass is 559 g/mol. The summed E-state index contributed by atoms with van der Waals surface area (Å²) in [6.07, 6.45) is 0. The standard InChI is InChI=1S/C37H25N3OS/c38-26-42-33-22-19-31(20-23-33)39(27-9-3-1-4-10-27)29-15-17-30(18-16-29)40(28-11-5-2-6-12-28)32-21-24-37-35(25-32)34-13-7-8-14-36(34)41-37/h1-25H.